The minimum absolute atomic E-state index is 0.0128. The fourth-order valence-electron chi connectivity index (χ4n) is 3.24. The maximum Gasteiger partial charge on any atom is 0.332 e. The second-order valence-electron chi connectivity index (χ2n) is 7.01. The van der Waals surface area contributed by atoms with Gasteiger partial charge in [-0.2, -0.15) is 0 Å². The molecule has 0 bridgehead atoms. The number of amides is 1. The van der Waals surface area contributed by atoms with Crippen LogP contribution in [0.4, 0.5) is 0 Å². The van der Waals surface area contributed by atoms with Crippen LogP contribution in [0.2, 0.25) is 0 Å². The van der Waals surface area contributed by atoms with Gasteiger partial charge in [0.1, 0.15) is 6.54 Å². The monoisotopic (exact) mass is 383 g/mol. The second kappa shape index (κ2) is 7.84. The number of aromatic nitrogens is 4. The van der Waals surface area contributed by atoms with Crippen LogP contribution in [-0.4, -0.2) is 35.5 Å². The molecule has 1 aromatic carbocycles. The number of aryl methyl sites for hydroxylation is 1. The number of rotatable bonds is 6. The van der Waals surface area contributed by atoms with Crippen LogP contribution in [0, 0.1) is 0 Å². The van der Waals surface area contributed by atoms with Crippen LogP contribution < -0.4 is 11.2 Å². The van der Waals surface area contributed by atoms with Crippen molar-refractivity contribution in [2.75, 3.05) is 0 Å². The van der Waals surface area contributed by atoms with Gasteiger partial charge in [-0.1, -0.05) is 37.3 Å². The number of hydrogen-bond donors (Lipinski definition) is 0. The number of hydrogen-bond acceptors (Lipinski definition) is 4. The van der Waals surface area contributed by atoms with Crippen molar-refractivity contribution in [2.45, 2.75) is 39.4 Å². The molecule has 0 fully saturated rings. The lowest BCUT2D eigenvalue weighted by Gasteiger charge is -2.29. The van der Waals surface area contributed by atoms with Gasteiger partial charge < -0.3 is 9.47 Å². The Morgan fingerprint density at radius 2 is 1.82 bits per heavy atom. The van der Waals surface area contributed by atoms with Gasteiger partial charge in [0.25, 0.3) is 5.56 Å². The van der Waals surface area contributed by atoms with Crippen LogP contribution in [0.1, 0.15) is 25.8 Å². The predicted octanol–water partition coefficient (Wildman–Crippen LogP) is 1.26. The molecule has 0 N–H and O–H groups in total. The lowest BCUT2D eigenvalue weighted by Crippen LogP contribution is -2.41. The van der Waals surface area contributed by atoms with Gasteiger partial charge in [0.2, 0.25) is 5.91 Å². The molecule has 0 aliphatic rings. The molecule has 1 atom stereocenters. The van der Waals surface area contributed by atoms with E-state index in [1.807, 2.05) is 49.1 Å². The molecule has 1 amide bonds. The van der Waals surface area contributed by atoms with Gasteiger partial charge in [0.15, 0.2) is 11.2 Å². The first-order valence-corrected chi connectivity index (χ1v) is 9.29. The molecule has 0 radical (unpaired) electrons. The predicted molar refractivity (Wildman–Crippen MR) is 107 cm³/mol. The molecule has 28 heavy (non-hydrogen) atoms. The van der Waals surface area contributed by atoms with E-state index in [9.17, 15) is 14.4 Å². The average molecular weight is 383 g/mol. The van der Waals surface area contributed by atoms with Gasteiger partial charge in [-0.25, -0.2) is 9.78 Å². The Morgan fingerprint density at radius 3 is 2.46 bits per heavy atom. The first-order chi connectivity index (χ1) is 13.3. The zero-order valence-corrected chi connectivity index (χ0v) is 16.6. The van der Waals surface area contributed by atoms with Gasteiger partial charge >= 0.3 is 5.69 Å². The Kier molecular flexibility index (Phi) is 5.48. The summed E-state index contributed by atoms with van der Waals surface area (Å²) in [7, 11) is 2.98. The van der Waals surface area contributed by atoms with Crippen LogP contribution in [0.3, 0.4) is 0 Å². The largest absolute Gasteiger partial charge is 0.334 e. The van der Waals surface area contributed by atoms with Gasteiger partial charge in [-0.05, 0) is 18.9 Å². The van der Waals surface area contributed by atoms with E-state index in [4.69, 9.17) is 0 Å². The topological polar surface area (TPSA) is 82.1 Å². The molecule has 2 aromatic heterocycles. The molecule has 0 spiro atoms. The summed E-state index contributed by atoms with van der Waals surface area (Å²) < 4.78 is 3.87. The van der Waals surface area contributed by atoms with E-state index in [0.717, 1.165) is 16.6 Å². The van der Waals surface area contributed by atoms with Crippen molar-refractivity contribution in [1.29, 1.82) is 0 Å². The van der Waals surface area contributed by atoms with E-state index in [0.29, 0.717) is 6.54 Å². The van der Waals surface area contributed by atoms with Crippen LogP contribution in [0.15, 0.2) is 46.2 Å². The van der Waals surface area contributed by atoms with Crippen molar-refractivity contribution < 1.29 is 4.79 Å². The van der Waals surface area contributed by atoms with Gasteiger partial charge in [-0.15, -0.1) is 0 Å². The molecule has 0 saturated heterocycles. The zero-order chi connectivity index (χ0) is 20.4. The lowest BCUT2D eigenvalue weighted by atomic mass is 10.1. The van der Waals surface area contributed by atoms with Crippen molar-refractivity contribution in [3.8, 4) is 0 Å². The molecule has 1 unspecified atom stereocenters. The molecule has 0 aliphatic carbocycles. The molecule has 8 nitrogen and oxygen atoms in total. The maximum atomic E-state index is 13.1. The summed E-state index contributed by atoms with van der Waals surface area (Å²) in [6, 6.07) is 9.86. The number of nitrogens with zero attached hydrogens (tertiary/aromatic N) is 5. The summed E-state index contributed by atoms with van der Waals surface area (Å²) in [5, 5.41) is 0. The van der Waals surface area contributed by atoms with E-state index >= 15 is 0 Å². The molecule has 3 rings (SSSR count). The SMILES string of the molecule is CCC(C)N(Cc1ccccc1)C(=O)Cn1cnc2c1c(=O)n(C)c(=O)n2C. The van der Waals surface area contributed by atoms with Gasteiger partial charge in [0.05, 0.1) is 6.33 Å². The number of carbonyl (C=O) groups is 1. The smallest absolute Gasteiger partial charge is 0.332 e. The van der Waals surface area contributed by atoms with E-state index in [2.05, 4.69) is 4.98 Å². The molecule has 0 saturated carbocycles. The highest BCUT2D eigenvalue weighted by Crippen LogP contribution is 2.13. The van der Waals surface area contributed by atoms with Crippen LogP contribution in [-0.2, 0) is 32.0 Å². The number of benzene rings is 1. The second-order valence-corrected chi connectivity index (χ2v) is 7.01. The van der Waals surface area contributed by atoms with Crippen LogP contribution >= 0.6 is 0 Å². The number of fused-ring (bicyclic) bond motifs is 1. The molecule has 3 aromatic rings. The highest BCUT2D eigenvalue weighted by atomic mass is 16.2. The van der Waals surface area contributed by atoms with Crippen LogP contribution in [0.25, 0.3) is 11.2 Å². The Morgan fingerprint density at radius 1 is 1.14 bits per heavy atom. The van der Waals surface area contributed by atoms with Crippen LogP contribution in [0.5, 0.6) is 0 Å². The van der Waals surface area contributed by atoms with Gasteiger partial charge in [-0.3, -0.25) is 18.7 Å². The number of carbonyl (C=O) groups excluding carboxylic acids is 1. The third-order valence-electron chi connectivity index (χ3n) is 5.16. The number of imidazole rings is 1. The highest BCUT2D eigenvalue weighted by molar-refractivity contribution is 5.79. The maximum absolute atomic E-state index is 13.1. The Balaban J connectivity index is 1.96. The minimum Gasteiger partial charge on any atom is -0.334 e. The van der Waals surface area contributed by atoms with E-state index in [1.54, 1.807) is 7.05 Å². The summed E-state index contributed by atoms with van der Waals surface area (Å²) in [5.74, 6) is -0.103. The standard InChI is InChI=1S/C20H25N5O3/c1-5-14(2)25(11-15-9-7-6-8-10-15)16(26)12-24-13-21-18-17(24)19(27)23(4)20(28)22(18)3/h6-10,13-14H,5,11-12H2,1-4H3. The van der Waals surface area contributed by atoms with Crippen molar-refractivity contribution in [1.82, 2.24) is 23.6 Å². The van der Waals surface area contributed by atoms with Crippen molar-refractivity contribution in [2.24, 2.45) is 14.1 Å². The highest BCUT2D eigenvalue weighted by Gasteiger charge is 2.22. The van der Waals surface area contributed by atoms with Gasteiger partial charge in [0, 0.05) is 26.7 Å². The lowest BCUT2D eigenvalue weighted by molar-refractivity contribution is -0.134. The molecule has 0 aliphatic heterocycles. The fourth-order valence-corrected chi connectivity index (χ4v) is 3.24. The summed E-state index contributed by atoms with van der Waals surface area (Å²) in [6.45, 7) is 4.53. The zero-order valence-electron chi connectivity index (χ0n) is 16.6. The molecular formula is C20H25N5O3. The summed E-state index contributed by atoms with van der Waals surface area (Å²) in [6.07, 6.45) is 2.26. The van der Waals surface area contributed by atoms with E-state index in [-0.39, 0.29) is 29.7 Å². The quantitative estimate of drug-likeness (QED) is 0.642. The van der Waals surface area contributed by atoms with E-state index in [1.165, 1.54) is 22.5 Å². The average Bonchev–Trinajstić information content (AvgIpc) is 3.12. The Hall–Kier alpha value is -3.16. The first kappa shape index (κ1) is 19.6. The first-order valence-electron chi connectivity index (χ1n) is 9.29. The fraction of sp³-hybridized carbons (Fsp3) is 0.400. The summed E-state index contributed by atoms with van der Waals surface area (Å²) in [5.41, 5.74) is 0.673. The normalized spacial score (nSPS) is 12.3. The molecular weight excluding hydrogens is 358 g/mol. The van der Waals surface area contributed by atoms with Crippen molar-refractivity contribution in [3.63, 3.8) is 0 Å². The Bertz CT molecular complexity index is 1110. The molecule has 2 heterocycles. The van der Waals surface area contributed by atoms with Crippen molar-refractivity contribution >= 4 is 17.1 Å². The minimum atomic E-state index is -0.457. The molecule has 8 heteroatoms. The third-order valence-corrected chi connectivity index (χ3v) is 5.16. The Labute approximate surface area is 162 Å². The summed E-state index contributed by atoms with van der Waals surface area (Å²) >= 11 is 0. The van der Waals surface area contributed by atoms with E-state index < -0.39 is 11.2 Å². The van der Waals surface area contributed by atoms with Crippen molar-refractivity contribution in [3.05, 3.63) is 63.1 Å². The summed E-state index contributed by atoms with van der Waals surface area (Å²) in [4.78, 5) is 43.8. The third kappa shape index (κ3) is 3.49. The molecule has 148 valence electrons.